The standard InChI is InChI=1S/C11H17ClN2O4S/c1-11(2,3)8-7(10(15)16)9(12)14(13-8)5-6-19(4,17)18/h5-6H2,1-4H3,(H,15,16). The fourth-order valence-electron chi connectivity index (χ4n) is 1.56. The van der Waals surface area contributed by atoms with Gasteiger partial charge in [-0.1, -0.05) is 32.4 Å². The lowest BCUT2D eigenvalue weighted by Gasteiger charge is -2.15. The van der Waals surface area contributed by atoms with Crippen LogP contribution in [-0.2, 0) is 21.8 Å². The number of aryl methyl sites for hydroxylation is 1. The van der Waals surface area contributed by atoms with Crippen LogP contribution in [0.25, 0.3) is 0 Å². The van der Waals surface area contributed by atoms with Gasteiger partial charge in [-0.2, -0.15) is 5.10 Å². The van der Waals surface area contributed by atoms with Crippen LogP contribution in [0.3, 0.4) is 0 Å². The third-order valence-corrected chi connectivity index (χ3v) is 3.80. The molecule has 1 heterocycles. The van der Waals surface area contributed by atoms with Gasteiger partial charge in [0, 0.05) is 11.7 Å². The van der Waals surface area contributed by atoms with E-state index in [0.717, 1.165) is 6.26 Å². The zero-order valence-corrected chi connectivity index (χ0v) is 12.8. The molecule has 19 heavy (non-hydrogen) atoms. The fourth-order valence-corrected chi connectivity index (χ4v) is 2.35. The van der Waals surface area contributed by atoms with Crippen LogP contribution in [0, 0.1) is 0 Å². The quantitative estimate of drug-likeness (QED) is 0.912. The normalized spacial score (nSPS) is 12.7. The van der Waals surface area contributed by atoms with Gasteiger partial charge in [0.15, 0.2) is 0 Å². The van der Waals surface area contributed by atoms with Crippen molar-refractivity contribution in [3.05, 3.63) is 16.4 Å². The van der Waals surface area contributed by atoms with Crippen molar-refractivity contribution in [3.63, 3.8) is 0 Å². The average molecular weight is 309 g/mol. The van der Waals surface area contributed by atoms with Gasteiger partial charge in [-0.15, -0.1) is 0 Å². The second-order valence-electron chi connectivity index (χ2n) is 5.42. The SMILES string of the molecule is CC(C)(C)c1nn(CCS(C)(=O)=O)c(Cl)c1C(=O)O. The molecule has 0 saturated carbocycles. The third kappa shape index (κ3) is 3.94. The number of hydrogen-bond donors (Lipinski definition) is 1. The highest BCUT2D eigenvalue weighted by Crippen LogP contribution is 2.29. The second-order valence-corrected chi connectivity index (χ2v) is 8.04. The predicted octanol–water partition coefficient (Wildman–Crippen LogP) is 1.58. The molecule has 0 aliphatic carbocycles. The first-order valence-electron chi connectivity index (χ1n) is 5.61. The summed E-state index contributed by atoms with van der Waals surface area (Å²) in [5.74, 6) is -1.31. The van der Waals surface area contributed by atoms with E-state index < -0.39 is 21.2 Å². The molecule has 1 aromatic heterocycles. The van der Waals surface area contributed by atoms with Gasteiger partial charge < -0.3 is 5.11 Å². The molecule has 0 saturated heterocycles. The third-order valence-electron chi connectivity index (χ3n) is 2.49. The predicted molar refractivity (Wildman–Crippen MR) is 72.6 cm³/mol. The van der Waals surface area contributed by atoms with Crippen molar-refractivity contribution >= 4 is 27.4 Å². The molecule has 8 heteroatoms. The van der Waals surface area contributed by atoms with E-state index >= 15 is 0 Å². The lowest BCUT2D eigenvalue weighted by atomic mass is 9.89. The number of hydrogen-bond acceptors (Lipinski definition) is 4. The molecule has 0 unspecified atom stereocenters. The number of carbonyl (C=O) groups is 1. The van der Waals surface area contributed by atoms with Gasteiger partial charge in [0.2, 0.25) is 0 Å². The van der Waals surface area contributed by atoms with Crippen LogP contribution >= 0.6 is 11.6 Å². The summed E-state index contributed by atoms with van der Waals surface area (Å²) in [4.78, 5) is 11.2. The number of carboxylic acids is 1. The van der Waals surface area contributed by atoms with Crippen LogP contribution in [-0.4, -0.2) is 41.3 Å². The number of sulfone groups is 1. The van der Waals surface area contributed by atoms with Crippen LogP contribution in [0.1, 0.15) is 36.8 Å². The van der Waals surface area contributed by atoms with Gasteiger partial charge in [-0.25, -0.2) is 13.2 Å². The lowest BCUT2D eigenvalue weighted by Crippen LogP contribution is -2.17. The smallest absolute Gasteiger partial charge is 0.340 e. The van der Waals surface area contributed by atoms with Crippen LogP contribution in [0.5, 0.6) is 0 Å². The van der Waals surface area contributed by atoms with E-state index in [4.69, 9.17) is 11.6 Å². The number of carboxylic acid groups (broad SMARTS) is 1. The van der Waals surface area contributed by atoms with Crippen molar-refractivity contribution in [2.75, 3.05) is 12.0 Å². The summed E-state index contributed by atoms with van der Waals surface area (Å²) in [5.41, 5.74) is -0.213. The molecule has 108 valence electrons. The summed E-state index contributed by atoms with van der Waals surface area (Å²) >= 11 is 5.98. The van der Waals surface area contributed by atoms with Crippen LogP contribution in [0.15, 0.2) is 0 Å². The number of aromatic carboxylic acids is 1. The largest absolute Gasteiger partial charge is 0.478 e. The highest BCUT2D eigenvalue weighted by Gasteiger charge is 2.30. The summed E-state index contributed by atoms with van der Waals surface area (Å²) in [5, 5.41) is 13.3. The maximum Gasteiger partial charge on any atom is 0.340 e. The van der Waals surface area contributed by atoms with Gasteiger partial charge >= 0.3 is 5.97 Å². The molecule has 1 rings (SSSR count). The fraction of sp³-hybridized carbons (Fsp3) is 0.636. The molecule has 1 N–H and O–H groups in total. The Kier molecular flexibility index (Phi) is 4.31. The van der Waals surface area contributed by atoms with Crippen molar-refractivity contribution < 1.29 is 18.3 Å². The maximum atomic E-state index is 11.2. The Morgan fingerprint density at radius 2 is 1.95 bits per heavy atom. The molecule has 0 spiro atoms. The molecular weight excluding hydrogens is 292 g/mol. The molecular formula is C11H17ClN2O4S. The molecule has 0 aromatic carbocycles. The van der Waals surface area contributed by atoms with E-state index in [-0.39, 0.29) is 23.0 Å². The Bertz CT molecular complexity index is 599. The first kappa shape index (κ1) is 16.0. The Hall–Kier alpha value is -1.08. The minimum Gasteiger partial charge on any atom is -0.478 e. The van der Waals surface area contributed by atoms with Crippen molar-refractivity contribution in [2.45, 2.75) is 32.7 Å². The van der Waals surface area contributed by atoms with Crippen LogP contribution in [0.4, 0.5) is 0 Å². The molecule has 0 aliphatic rings. The summed E-state index contributed by atoms with van der Waals surface area (Å²) < 4.78 is 23.5. The maximum absolute atomic E-state index is 11.2. The lowest BCUT2D eigenvalue weighted by molar-refractivity contribution is 0.0694. The summed E-state index contributed by atoms with van der Waals surface area (Å²) in [6, 6.07) is 0. The van der Waals surface area contributed by atoms with Gasteiger partial charge in [0.05, 0.1) is 18.0 Å². The van der Waals surface area contributed by atoms with E-state index in [2.05, 4.69) is 5.10 Å². The zero-order valence-electron chi connectivity index (χ0n) is 11.3. The van der Waals surface area contributed by atoms with E-state index in [1.807, 2.05) is 20.8 Å². The van der Waals surface area contributed by atoms with E-state index in [1.165, 1.54) is 4.68 Å². The highest BCUT2D eigenvalue weighted by atomic mass is 35.5. The van der Waals surface area contributed by atoms with Gasteiger partial charge in [-0.05, 0) is 0 Å². The molecule has 0 fully saturated rings. The summed E-state index contributed by atoms with van der Waals surface area (Å²) in [6.45, 7) is 5.49. The second kappa shape index (κ2) is 5.13. The minimum atomic E-state index is -3.17. The van der Waals surface area contributed by atoms with Crippen LogP contribution in [0.2, 0.25) is 5.15 Å². The molecule has 0 amide bonds. The number of halogens is 1. The van der Waals surface area contributed by atoms with Gasteiger partial charge in [0.25, 0.3) is 0 Å². The summed E-state index contributed by atoms with van der Waals surface area (Å²) in [6.07, 6.45) is 1.10. The molecule has 0 radical (unpaired) electrons. The molecule has 6 nitrogen and oxygen atoms in total. The Balaban J connectivity index is 3.26. The highest BCUT2D eigenvalue weighted by molar-refractivity contribution is 7.90. The molecule has 0 bridgehead atoms. The molecule has 0 atom stereocenters. The van der Waals surface area contributed by atoms with Crippen LogP contribution < -0.4 is 0 Å². The Morgan fingerprint density at radius 1 is 1.42 bits per heavy atom. The zero-order chi connectivity index (χ0) is 15.0. The van der Waals surface area contributed by atoms with Crippen molar-refractivity contribution in [1.29, 1.82) is 0 Å². The number of nitrogens with zero attached hydrogens (tertiary/aromatic N) is 2. The Labute approximate surface area is 117 Å². The van der Waals surface area contributed by atoms with E-state index in [0.29, 0.717) is 5.69 Å². The van der Waals surface area contributed by atoms with E-state index in [1.54, 1.807) is 0 Å². The van der Waals surface area contributed by atoms with Gasteiger partial charge in [0.1, 0.15) is 20.6 Å². The summed E-state index contributed by atoms with van der Waals surface area (Å²) in [7, 11) is -3.17. The molecule has 1 aromatic rings. The molecule has 0 aliphatic heterocycles. The number of rotatable bonds is 4. The Morgan fingerprint density at radius 3 is 2.26 bits per heavy atom. The van der Waals surface area contributed by atoms with E-state index in [9.17, 15) is 18.3 Å². The average Bonchev–Trinajstić information content (AvgIpc) is 2.51. The first-order valence-corrected chi connectivity index (χ1v) is 8.05. The number of aromatic nitrogens is 2. The van der Waals surface area contributed by atoms with Crippen molar-refractivity contribution in [1.82, 2.24) is 9.78 Å². The van der Waals surface area contributed by atoms with Gasteiger partial charge in [-0.3, -0.25) is 4.68 Å². The minimum absolute atomic E-state index is 0.0357. The topological polar surface area (TPSA) is 89.3 Å². The van der Waals surface area contributed by atoms with Crippen molar-refractivity contribution in [3.8, 4) is 0 Å². The van der Waals surface area contributed by atoms with Crippen molar-refractivity contribution in [2.24, 2.45) is 0 Å². The first-order chi connectivity index (χ1) is 8.43. The monoisotopic (exact) mass is 308 g/mol.